The van der Waals surface area contributed by atoms with E-state index >= 15 is 0 Å². The van der Waals surface area contributed by atoms with Crippen molar-refractivity contribution in [2.45, 2.75) is 39.8 Å². The quantitative estimate of drug-likeness (QED) is 0.386. The molecule has 0 amide bonds. The molecule has 2 aromatic rings. The van der Waals surface area contributed by atoms with Crippen LogP contribution in [0.4, 0.5) is 0 Å². The first-order valence-corrected chi connectivity index (χ1v) is 12.1. The van der Waals surface area contributed by atoms with Gasteiger partial charge in [-0.3, -0.25) is 9.59 Å². The first-order chi connectivity index (χ1) is 16.9. The van der Waals surface area contributed by atoms with E-state index in [0.717, 1.165) is 0 Å². The molecule has 0 spiro atoms. The summed E-state index contributed by atoms with van der Waals surface area (Å²) in [6.07, 6.45) is 0.615. The van der Waals surface area contributed by atoms with Crippen LogP contribution in [0.2, 0.25) is 0 Å². The third-order valence-corrected chi connectivity index (χ3v) is 6.22. The second kappa shape index (κ2) is 12.8. The van der Waals surface area contributed by atoms with Crippen LogP contribution in [0.1, 0.15) is 39.4 Å². The monoisotopic (exact) mass is 532 g/mol. The molecule has 3 unspecified atom stereocenters. The number of halogens is 2. The highest BCUT2D eigenvalue weighted by Gasteiger charge is 2.62. The number of carboxylic acids is 1. The molecule has 0 heterocycles. The number of hydrogen-bond donors (Lipinski definition) is 2. The maximum Gasteiger partial charge on any atom is 0.320 e. The Kier molecular flexibility index (Phi) is 10.4. The second-order valence-electron chi connectivity index (χ2n) is 9.32. The van der Waals surface area contributed by atoms with Crippen molar-refractivity contribution < 1.29 is 24.2 Å². The Morgan fingerprint density at radius 1 is 1.11 bits per heavy atom. The molecule has 0 bridgehead atoms. The smallest absolute Gasteiger partial charge is 0.320 e. The van der Waals surface area contributed by atoms with Crippen LogP contribution < -0.4 is 10.5 Å². The number of esters is 1. The van der Waals surface area contributed by atoms with Crippen LogP contribution in [0.25, 0.3) is 0 Å². The maximum absolute atomic E-state index is 12.6. The summed E-state index contributed by atoms with van der Waals surface area (Å²) in [5.74, 6) is -0.620. The number of aliphatic carboxylic acids is 1. The SMILES string of the molecule is CC(C)[C@H](N)C(=O)O.CC1(C)C(C=C(Cl)Cl)C1C(=O)OC(C#N)c1cccc(Oc2ccccc2)c1. The van der Waals surface area contributed by atoms with Crippen molar-refractivity contribution in [2.24, 2.45) is 28.9 Å². The largest absolute Gasteiger partial charge is 0.480 e. The normalized spacial score (nSPS) is 19.0. The summed E-state index contributed by atoms with van der Waals surface area (Å²) in [4.78, 5) is 22.6. The number of benzene rings is 2. The van der Waals surface area contributed by atoms with Crippen molar-refractivity contribution in [3.63, 3.8) is 0 Å². The third kappa shape index (κ3) is 7.99. The predicted molar refractivity (Wildman–Crippen MR) is 138 cm³/mol. The molecule has 2 aromatic carbocycles. The summed E-state index contributed by atoms with van der Waals surface area (Å²) in [6.45, 7) is 7.43. The minimum atomic E-state index is -1.03. The number of carboxylic acid groups (broad SMARTS) is 1. The minimum Gasteiger partial charge on any atom is -0.480 e. The summed E-state index contributed by atoms with van der Waals surface area (Å²) in [7, 11) is 0. The lowest BCUT2D eigenvalue weighted by Crippen LogP contribution is -2.34. The number of allylic oxidation sites excluding steroid dienone is 1. The van der Waals surface area contributed by atoms with Gasteiger partial charge in [-0.25, -0.2) is 0 Å². The molecule has 7 nitrogen and oxygen atoms in total. The molecule has 0 aromatic heterocycles. The van der Waals surface area contributed by atoms with Gasteiger partial charge in [0.15, 0.2) is 0 Å². The van der Waals surface area contributed by atoms with Gasteiger partial charge >= 0.3 is 11.9 Å². The zero-order valence-corrected chi connectivity index (χ0v) is 22.0. The number of nitrogens with zero attached hydrogens (tertiary/aromatic N) is 1. The van der Waals surface area contributed by atoms with Crippen molar-refractivity contribution in [2.75, 3.05) is 0 Å². The van der Waals surface area contributed by atoms with Gasteiger partial charge in [0.2, 0.25) is 6.10 Å². The fourth-order valence-electron chi connectivity index (χ4n) is 3.58. The molecule has 1 fully saturated rings. The van der Waals surface area contributed by atoms with Gasteiger partial charge in [-0.15, -0.1) is 0 Å². The lowest BCUT2D eigenvalue weighted by Gasteiger charge is -2.13. The van der Waals surface area contributed by atoms with E-state index < -0.39 is 24.1 Å². The van der Waals surface area contributed by atoms with Gasteiger partial charge in [-0.05, 0) is 47.6 Å². The Balaban J connectivity index is 0.000000493. The molecule has 192 valence electrons. The van der Waals surface area contributed by atoms with Gasteiger partial charge < -0.3 is 20.3 Å². The Bertz CT molecular complexity index is 1120. The van der Waals surface area contributed by atoms with Crippen LogP contribution in [0.3, 0.4) is 0 Å². The predicted octanol–water partition coefficient (Wildman–Crippen LogP) is 6.23. The molecule has 36 heavy (non-hydrogen) atoms. The Morgan fingerprint density at radius 2 is 1.72 bits per heavy atom. The Morgan fingerprint density at radius 3 is 2.22 bits per heavy atom. The van der Waals surface area contributed by atoms with Crippen molar-refractivity contribution in [3.05, 3.63) is 70.7 Å². The highest BCUT2D eigenvalue weighted by Crippen LogP contribution is 2.60. The summed E-state index contributed by atoms with van der Waals surface area (Å²) in [5, 5.41) is 17.8. The first kappa shape index (κ1) is 29.2. The van der Waals surface area contributed by atoms with Crippen molar-refractivity contribution in [3.8, 4) is 17.6 Å². The van der Waals surface area contributed by atoms with E-state index in [1.807, 2.05) is 50.2 Å². The first-order valence-electron chi connectivity index (χ1n) is 11.3. The molecule has 3 rings (SSSR count). The number of nitrogens with two attached hydrogens (primary N) is 1. The van der Waals surface area contributed by atoms with Crippen molar-refractivity contribution >= 4 is 35.1 Å². The standard InChI is InChI=1S/C22H19Cl2NO3.C5H11NO2/c1-22(2)17(12-19(23)24)20(22)21(26)28-18(13-25)14-7-6-10-16(11-14)27-15-8-4-3-5-9-15;1-3(2)4(6)5(7)8/h3-12,17-18,20H,1-2H3;3-4H,6H2,1-2H3,(H,7,8)/t;4-/m.0/s1. The number of nitriles is 1. The molecule has 1 aliphatic carbocycles. The fraction of sp³-hybridized carbons (Fsp3) is 0.370. The van der Waals surface area contributed by atoms with E-state index in [0.29, 0.717) is 17.1 Å². The summed E-state index contributed by atoms with van der Waals surface area (Å²) < 4.78 is 11.4. The summed E-state index contributed by atoms with van der Waals surface area (Å²) in [6, 6.07) is 17.6. The zero-order chi connectivity index (χ0) is 27.0. The van der Waals surface area contributed by atoms with Crippen LogP contribution in [-0.4, -0.2) is 23.1 Å². The van der Waals surface area contributed by atoms with Crippen LogP contribution in [-0.2, 0) is 14.3 Å². The highest BCUT2D eigenvalue weighted by atomic mass is 35.5. The van der Waals surface area contributed by atoms with E-state index in [1.165, 1.54) is 0 Å². The molecule has 0 saturated heterocycles. The summed E-state index contributed by atoms with van der Waals surface area (Å²) >= 11 is 11.5. The van der Waals surface area contributed by atoms with Gasteiger partial charge in [-0.2, -0.15) is 5.26 Å². The minimum absolute atomic E-state index is 0.0208. The molecule has 0 aliphatic heterocycles. The molecule has 9 heteroatoms. The molecule has 1 saturated carbocycles. The van der Waals surface area contributed by atoms with Crippen LogP contribution in [0, 0.1) is 34.5 Å². The van der Waals surface area contributed by atoms with Gasteiger partial charge in [0.25, 0.3) is 0 Å². The second-order valence-corrected chi connectivity index (χ2v) is 10.3. The lowest BCUT2D eigenvalue weighted by atomic mass is 10.1. The van der Waals surface area contributed by atoms with Gasteiger partial charge in [0, 0.05) is 5.56 Å². The lowest BCUT2D eigenvalue weighted by molar-refractivity contribution is -0.149. The Labute approximate surface area is 221 Å². The van der Waals surface area contributed by atoms with Crippen molar-refractivity contribution in [1.29, 1.82) is 5.26 Å². The van der Waals surface area contributed by atoms with E-state index in [2.05, 4.69) is 0 Å². The molecular formula is C27H30Cl2N2O5. The fourth-order valence-corrected chi connectivity index (χ4v) is 3.86. The van der Waals surface area contributed by atoms with E-state index in [-0.39, 0.29) is 27.7 Å². The number of ether oxygens (including phenoxy) is 2. The molecule has 0 radical (unpaired) electrons. The topological polar surface area (TPSA) is 123 Å². The third-order valence-electron chi connectivity index (χ3n) is 5.96. The van der Waals surface area contributed by atoms with Crippen molar-refractivity contribution in [1.82, 2.24) is 0 Å². The van der Waals surface area contributed by atoms with Gasteiger partial charge in [0.05, 0.1) is 5.92 Å². The molecule has 4 atom stereocenters. The van der Waals surface area contributed by atoms with Crippen LogP contribution >= 0.6 is 23.2 Å². The maximum atomic E-state index is 12.6. The van der Waals surface area contributed by atoms with Crippen LogP contribution in [0.15, 0.2) is 65.2 Å². The van der Waals surface area contributed by atoms with E-state index in [9.17, 15) is 14.9 Å². The number of rotatable bonds is 8. The summed E-state index contributed by atoms with van der Waals surface area (Å²) in [5.41, 5.74) is 5.39. The zero-order valence-electron chi connectivity index (χ0n) is 20.5. The van der Waals surface area contributed by atoms with E-state index in [1.54, 1.807) is 44.2 Å². The highest BCUT2D eigenvalue weighted by molar-refractivity contribution is 6.55. The van der Waals surface area contributed by atoms with Gasteiger partial charge in [-0.1, -0.05) is 81.2 Å². The molecular weight excluding hydrogens is 503 g/mol. The molecule has 1 aliphatic rings. The van der Waals surface area contributed by atoms with Gasteiger partial charge in [0.1, 0.15) is 28.1 Å². The number of carbonyl (C=O) groups is 2. The Hall–Kier alpha value is -3.05. The average Bonchev–Trinajstić information content (AvgIpc) is 3.36. The average molecular weight is 533 g/mol. The molecule has 3 N–H and O–H groups in total. The number of carbonyl (C=O) groups excluding carboxylic acids is 1. The van der Waals surface area contributed by atoms with E-state index in [4.69, 9.17) is 43.5 Å². The van der Waals surface area contributed by atoms with Crippen LogP contribution in [0.5, 0.6) is 11.5 Å². The number of hydrogen-bond acceptors (Lipinski definition) is 6. The number of para-hydroxylation sites is 1.